The molecular formula is C29H31N5O4. The van der Waals surface area contributed by atoms with E-state index in [4.69, 9.17) is 4.74 Å². The molecule has 4 atom stereocenters. The van der Waals surface area contributed by atoms with E-state index in [1.165, 1.54) is 0 Å². The molecule has 5 rings (SSSR count). The maximum atomic E-state index is 13.8. The Labute approximate surface area is 221 Å². The van der Waals surface area contributed by atoms with E-state index in [-0.39, 0.29) is 36.0 Å². The number of likely N-dealkylation sites (tertiary alicyclic amines) is 1. The van der Waals surface area contributed by atoms with Crippen molar-refractivity contribution in [3.8, 4) is 11.8 Å². The molecule has 0 radical (unpaired) electrons. The first kappa shape index (κ1) is 25.3. The third-order valence-corrected chi connectivity index (χ3v) is 7.55. The van der Waals surface area contributed by atoms with Gasteiger partial charge >= 0.3 is 0 Å². The molecule has 0 bridgehead atoms. The Morgan fingerprint density at radius 3 is 2.74 bits per heavy atom. The highest BCUT2D eigenvalue weighted by atomic mass is 16.5. The first-order valence-electron chi connectivity index (χ1n) is 12.9. The first-order valence-corrected chi connectivity index (χ1v) is 12.9. The molecule has 2 aromatic carbocycles. The molecule has 0 spiro atoms. The molecule has 0 unspecified atom stereocenters. The second kappa shape index (κ2) is 11.0. The Hall–Kier alpha value is -4.32. The van der Waals surface area contributed by atoms with Crippen molar-refractivity contribution in [3.05, 3.63) is 65.9 Å². The minimum Gasteiger partial charge on any atom is -0.496 e. The molecule has 3 heterocycles. The van der Waals surface area contributed by atoms with Gasteiger partial charge in [-0.05, 0) is 55.4 Å². The molecular weight excluding hydrogens is 482 g/mol. The molecule has 3 aromatic rings. The van der Waals surface area contributed by atoms with Crippen LogP contribution in [-0.2, 0) is 16.0 Å². The van der Waals surface area contributed by atoms with Crippen molar-refractivity contribution in [2.24, 2.45) is 11.8 Å². The summed E-state index contributed by atoms with van der Waals surface area (Å²) < 4.78 is 5.44. The zero-order valence-corrected chi connectivity index (χ0v) is 21.3. The zero-order valence-electron chi connectivity index (χ0n) is 21.3. The number of fused-ring (bicyclic) bond motifs is 1. The average molecular weight is 514 g/mol. The lowest BCUT2D eigenvalue weighted by molar-refractivity contribution is -0.126. The highest BCUT2D eigenvalue weighted by molar-refractivity contribution is 6.01. The lowest BCUT2D eigenvalue weighted by Gasteiger charge is -2.25. The number of nitrogens with one attached hydrogen (secondary N) is 3. The van der Waals surface area contributed by atoms with Crippen molar-refractivity contribution < 1.29 is 19.1 Å². The predicted molar refractivity (Wildman–Crippen MR) is 141 cm³/mol. The highest BCUT2D eigenvalue weighted by Gasteiger charge is 2.41. The number of ether oxygens (including phenoxy) is 1. The van der Waals surface area contributed by atoms with Gasteiger partial charge in [0.2, 0.25) is 11.8 Å². The van der Waals surface area contributed by atoms with E-state index in [1.807, 2.05) is 48.5 Å². The van der Waals surface area contributed by atoms with Crippen molar-refractivity contribution >= 4 is 28.6 Å². The Morgan fingerprint density at radius 2 is 2.03 bits per heavy atom. The van der Waals surface area contributed by atoms with E-state index in [2.05, 4.69) is 21.7 Å². The summed E-state index contributed by atoms with van der Waals surface area (Å²) in [5.41, 5.74) is 2.29. The van der Waals surface area contributed by atoms with Gasteiger partial charge in [-0.25, -0.2) is 0 Å². The van der Waals surface area contributed by atoms with Crippen LogP contribution in [0.3, 0.4) is 0 Å². The number of aromatic amines is 1. The standard InChI is InChI=1S/C29H31N5O4/c1-38-26-9-5-8-23-22(26)15-24(33-23)29(37)34-17-19(12-18-6-3-2-4-7-18)13-25(34)28(36)32-21(16-30)14-20-10-11-31-27(20)35/h2-9,15,19-21,25,33H,10-14,17H2,1H3,(H,31,35)(H,32,36)/t19-,20+,21+,25+/m1/s1. The van der Waals surface area contributed by atoms with Crippen molar-refractivity contribution in [2.75, 3.05) is 20.2 Å². The molecule has 38 heavy (non-hydrogen) atoms. The van der Waals surface area contributed by atoms with Crippen LogP contribution in [0.25, 0.3) is 10.9 Å². The quantitative estimate of drug-likeness (QED) is 0.427. The summed E-state index contributed by atoms with van der Waals surface area (Å²) in [5.74, 6) is -0.293. The van der Waals surface area contributed by atoms with Crippen LogP contribution in [0.15, 0.2) is 54.6 Å². The maximum Gasteiger partial charge on any atom is 0.270 e. The fourth-order valence-corrected chi connectivity index (χ4v) is 5.63. The second-order valence-corrected chi connectivity index (χ2v) is 10.1. The minimum atomic E-state index is -0.807. The summed E-state index contributed by atoms with van der Waals surface area (Å²) in [6.45, 7) is 0.998. The number of rotatable bonds is 8. The topological polar surface area (TPSA) is 127 Å². The van der Waals surface area contributed by atoms with E-state index >= 15 is 0 Å². The summed E-state index contributed by atoms with van der Waals surface area (Å²) in [7, 11) is 1.58. The van der Waals surface area contributed by atoms with E-state index in [0.29, 0.717) is 37.4 Å². The van der Waals surface area contributed by atoms with E-state index in [9.17, 15) is 19.6 Å². The van der Waals surface area contributed by atoms with Gasteiger partial charge in [-0.3, -0.25) is 14.4 Å². The Bertz CT molecular complexity index is 1380. The summed E-state index contributed by atoms with van der Waals surface area (Å²) in [4.78, 5) is 44.0. The third-order valence-electron chi connectivity index (χ3n) is 7.55. The van der Waals surface area contributed by atoms with Crippen LogP contribution in [0.2, 0.25) is 0 Å². The first-order chi connectivity index (χ1) is 18.5. The lowest BCUT2D eigenvalue weighted by Crippen LogP contribution is -2.49. The lowest BCUT2D eigenvalue weighted by atomic mass is 9.96. The summed E-state index contributed by atoms with van der Waals surface area (Å²) in [5, 5.41) is 16.1. The molecule has 2 aliphatic rings. The SMILES string of the molecule is COc1cccc2[nH]c(C(=O)N3C[C@H](Cc4ccccc4)C[C@H]3C(=O)N[C@H](C#N)C[C@@H]3CCNC3=O)cc12. The van der Waals surface area contributed by atoms with Gasteiger partial charge in [0, 0.05) is 29.9 Å². The number of nitriles is 1. The zero-order chi connectivity index (χ0) is 26.6. The molecule has 2 fully saturated rings. The third kappa shape index (κ3) is 5.21. The highest BCUT2D eigenvalue weighted by Crippen LogP contribution is 2.31. The smallest absolute Gasteiger partial charge is 0.270 e. The fraction of sp³-hybridized carbons (Fsp3) is 0.379. The van der Waals surface area contributed by atoms with E-state index in [0.717, 1.165) is 22.9 Å². The molecule has 3 amide bonds. The van der Waals surface area contributed by atoms with Gasteiger partial charge in [-0.2, -0.15) is 5.26 Å². The number of carbonyl (C=O) groups is 3. The van der Waals surface area contributed by atoms with E-state index < -0.39 is 12.1 Å². The number of aromatic nitrogens is 1. The van der Waals surface area contributed by atoms with Gasteiger partial charge in [0.15, 0.2) is 0 Å². The van der Waals surface area contributed by atoms with Crippen LogP contribution in [0.4, 0.5) is 0 Å². The summed E-state index contributed by atoms with van der Waals surface area (Å²) in [6.07, 6.45) is 2.12. The van der Waals surface area contributed by atoms with Crippen LogP contribution in [-0.4, -0.2) is 59.9 Å². The van der Waals surface area contributed by atoms with Crippen LogP contribution in [0, 0.1) is 23.2 Å². The monoisotopic (exact) mass is 513 g/mol. The number of amides is 3. The predicted octanol–water partition coefficient (Wildman–Crippen LogP) is 2.78. The van der Waals surface area contributed by atoms with Gasteiger partial charge in [0.1, 0.15) is 23.5 Å². The molecule has 0 aliphatic carbocycles. The molecule has 2 saturated heterocycles. The van der Waals surface area contributed by atoms with E-state index in [1.54, 1.807) is 18.1 Å². The average Bonchev–Trinajstić information content (AvgIpc) is 3.66. The van der Waals surface area contributed by atoms with Gasteiger partial charge < -0.3 is 25.3 Å². The number of nitrogens with zero attached hydrogens (tertiary/aromatic N) is 2. The van der Waals surface area contributed by atoms with Crippen LogP contribution >= 0.6 is 0 Å². The van der Waals surface area contributed by atoms with Crippen molar-refractivity contribution in [1.29, 1.82) is 5.26 Å². The van der Waals surface area contributed by atoms with Crippen LogP contribution in [0.1, 0.15) is 35.3 Å². The maximum absolute atomic E-state index is 13.8. The number of benzene rings is 2. The molecule has 0 saturated carbocycles. The minimum absolute atomic E-state index is 0.0807. The molecule has 3 N–H and O–H groups in total. The number of carbonyl (C=O) groups excluding carboxylic acids is 3. The van der Waals surface area contributed by atoms with Crippen molar-refractivity contribution in [3.63, 3.8) is 0 Å². The Kier molecular flexibility index (Phi) is 7.31. The normalized spacial score (nSPS) is 21.6. The van der Waals surface area contributed by atoms with Crippen molar-refractivity contribution in [2.45, 2.75) is 37.8 Å². The van der Waals surface area contributed by atoms with Crippen LogP contribution < -0.4 is 15.4 Å². The number of H-pyrrole nitrogens is 1. The largest absolute Gasteiger partial charge is 0.496 e. The van der Waals surface area contributed by atoms with Crippen molar-refractivity contribution in [1.82, 2.24) is 20.5 Å². The summed E-state index contributed by atoms with van der Waals surface area (Å²) in [6, 6.07) is 17.9. The molecule has 196 valence electrons. The Balaban J connectivity index is 1.37. The Morgan fingerprint density at radius 1 is 1.21 bits per heavy atom. The molecule has 9 nitrogen and oxygen atoms in total. The van der Waals surface area contributed by atoms with Gasteiger partial charge in [0.05, 0.1) is 13.2 Å². The second-order valence-electron chi connectivity index (χ2n) is 10.1. The van der Waals surface area contributed by atoms with Crippen LogP contribution in [0.5, 0.6) is 5.75 Å². The molecule has 2 aliphatic heterocycles. The molecule has 1 aromatic heterocycles. The van der Waals surface area contributed by atoms with Gasteiger partial charge in [-0.15, -0.1) is 0 Å². The van der Waals surface area contributed by atoms with Gasteiger partial charge in [-0.1, -0.05) is 36.4 Å². The number of hydrogen-bond acceptors (Lipinski definition) is 5. The fourth-order valence-electron chi connectivity index (χ4n) is 5.63. The molecule has 9 heteroatoms. The number of methoxy groups -OCH3 is 1. The number of hydrogen-bond donors (Lipinski definition) is 3. The van der Waals surface area contributed by atoms with Gasteiger partial charge in [0.25, 0.3) is 5.91 Å². The summed E-state index contributed by atoms with van der Waals surface area (Å²) >= 11 is 0.